The summed E-state index contributed by atoms with van der Waals surface area (Å²) in [7, 11) is 3.72. The standard InChI is InChI=1S/C16H23BrClNO/c1-19-15(8-7-11-5-3-4-6-11)13-9-12(18)10-14(17)16(13)20-2/h9-11,15,19H,3-8H2,1-2H3. The van der Waals surface area contributed by atoms with Crippen molar-refractivity contribution in [2.24, 2.45) is 5.92 Å². The van der Waals surface area contributed by atoms with Crippen LogP contribution in [0.5, 0.6) is 5.75 Å². The molecule has 0 saturated heterocycles. The minimum Gasteiger partial charge on any atom is -0.495 e. The van der Waals surface area contributed by atoms with E-state index in [9.17, 15) is 0 Å². The molecular formula is C16H23BrClNO. The summed E-state index contributed by atoms with van der Waals surface area (Å²) in [6.07, 6.45) is 8.00. The van der Waals surface area contributed by atoms with Gasteiger partial charge in [-0.25, -0.2) is 0 Å². The molecule has 1 atom stereocenters. The van der Waals surface area contributed by atoms with Crippen LogP contribution in [-0.4, -0.2) is 14.2 Å². The van der Waals surface area contributed by atoms with Crippen molar-refractivity contribution in [3.63, 3.8) is 0 Å². The molecule has 1 saturated carbocycles. The lowest BCUT2D eigenvalue weighted by molar-refractivity contribution is 0.384. The predicted octanol–water partition coefficient (Wildman–Crippen LogP) is 5.34. The second-order valence-corrected chi connectivity index (χ2v) is 6.87. The average molecular weight is 361 g/mol. The van der Waals surface area contributed by atoms with Crippen LogP contribution in [-0.2, 0) is 0 Å². The molecule has 2 rings (SSSR count). The van der Waals surface area contributed by atoms with Crippen molar-refractivity contribution in [1.29, 1.82) is 0 Å². The van der Waals surface area contributed by atoms with Gasteiger partial charge in [-0.3, -0.25) is 0 Å². The van der Waals surface area contributed by atoms with Gasteiger partial charge >= 0.3 is 0 Å². The smallest absolute Gasteiger partial charge is 0.137 e. The topological polar surface area (TPSA) is 21.3 Å². The lowest BCUT2D eigenvalue weighted by atomic mass is 9.94. The van der Waals surface area contributed by atoms with E-state index in [2.05, 4.69) is 21.2 Å². The number of benzene rings is 1. The lowest BCUT2D eigenvalue weighted by Gasteiger charge is -2.22. The van der Waals surface area contributed by atoms with E-state index in [4.69, 9.17) is 16.3 Å². The molecule has 1 aliphatic rings. The summed E-state index contributed by atoms with van der Waals surface area (Å²) in [5.74, 6) is 1.79. The Balaban J connectivity index is 2.13. The summed E-state index contributed by atoms with van der Waals surface area (Å²) in [4.78, 5) is 0. The highest BCUT2D eigenvalue weighted by Crippen LogP contribution is 2.38. The van der Waals surface area contributed by atoms with Crippen molar-refractivity contribution in [2.45, 2.75) is 44.6 Å². The molecule has 0 aliphatic heterocycles. The van der Waals surface area contributed by atoms with Crippen molar-refractivity contribution in [3.8, 4) is 5.75 Å². The minimum atomic E-state index is 0.292. The normalized spacial score (nSPS) is 17.4. The van der Waals surface area contributed by atoms with Crippen molar-refractivity contribution in [3.05, 3.63) is 27.2 Å². The number of rotatable bonds is 6. The van der Waals surface area contributed by atoms with E-state index < -0.39 is 0 Å². The maximum absolute atomic E-state index is 6.19. The Kier molecular flexibility index (Phi) is 6.19. The van der Waals surface area contributed by atoms with Crippen LogP contribution in [0.25, 0.3) is 0 Å². The Morgan fingerprint density at radius 3 is 2.70 bits per heavy atom. The van der Waals surface area contributed by atoms with Crippen LogP contribution in [0, 0.1) is 5.92 Å². The molecule has 1 unspecified atom stereocenters. The summed E-state index contributed by atoms with van der Waals surface area (Å²) in [5, 5.41) is 4.16. The van der Waals surface area contributed by atoms with E-state index >= 15 is 0 Å². The summed E-state index contributed by atoms with van der Waals surface area (Å²) in [6, 6.07) is 4.19. The number of nitrogens with one attached hydrogen (secondary N) is 1. The molecule has 0 heterocycles. The van der Waals surface area contributed by atoms with E-state index in [1.807, 2.05) is 19.2 Å². The molecule has 4 heteroatoms. The van der Waals surface area contributed by atoms with Gasteiger partial charge in [-0.15, -0.1) is 0 Å². The first-order valence-electron chi connectivity index (χ1n) is 7.36. The fourth-order valence-electron chi connectivity index (χ4n) is 3.21. The van der Waals surface area contributed by atoms with Crippen LogP contribution in [0.3, 0.4) is 0 Å². The first-order valence-corrected chi connectivity index (χ1v) is 8.53. The molecule has 1 aromatic carbocycles. The fraction of sp³-hybridized carbons (Fsp3) is 0.625. The molecule has 0 amide bonds. The maximum Gasteiger partial charge on any atom is 0.137 e. The van der Waals surface area contributed by atoms with Crippen LogP contribution in [0.15, 0.2) is 16.6 Å². The second kappa shape index (κ2) is 7.67. The molecule has 0 aromatic heterocycles. The maximum atomic E-state index is 6.19. The summed E-state index contributed by atoms with van der Waals surface area (Å²) < 4.78 is 6.46. The van der Waals surface area contributed by atoms with Crippen LogP contribution < -0.4 is 10.1 Å². The summed E-state index contributed by atoms with van der Waals surface area (Å²) in [5.41, 5.74) is 1.15. The fourth-order valence-corrected chi connectivity index (χ4v) is 4.21. The first-order chi connectivity index (χ1) is 9.65. The van der Waals surface area contributed by atoms with Gasteiger partial charge in [-0.05, 0) is 53.9 Å². The number of halogens is 2. The van der Waals surface area contributed by atoms with Gasteiger partial charge in [0.2, 0.25) is 0 Å². The second-order valence-electron chi connectivity index (χ2n) is 5.58. The number of hydrogen-bond donors (Lipinski definition) is 1. The van der Waals surface area contributed by atoms with Gasteiger partial charge in [-0.2, -0.15) is 0 Å². The van der Waals surface area contributed by atoms with Gasteiger partial charge in [0.05, 0.1) is 11.6 Å². The van der Waals surface area contributed by atoms with Gasteiger partial charge in [0, 0.05) is 16.6 Å². The molecule has 2 nitrogen and oxygen atoms in total. The molecule has 0 radical (unpaired) electrons. The lowest BCUT2D eigenvalue weighted by Crippen LogP contribution is -2.18. The Morgan fingerprint density at radius 2 is 2.10 bits per heavy atom. The highest BCUT2D eigenvalue weighted by molar-refractivity contribution is 9.10. The van der Waals surface area contributed by atoms with Crippen LogP contribution in [0.2, 0.25) is 5.02 Å². The third-order valence-corrected chi connectivity index (χ3v) is 5.11. The van der Waals surface area contributed by atoms with Gasteiger partial charge in [0.1, 0.15) is 5.75 Å². The monoisotopic (exact) mass is 359 g/mol. The molecule has 1 fully saturated rings. The number of ether oxygens (including phenoxy) is 1. The zero-order valence-electron chi connectivity index (χ0n) is 12.2. The van der Waals surface area contributed by atoms with E-state index in [-0.39, 0.29) is 0 Å². The van der Waals surface area contributed by atoms with E-state index in [1.165, 1.54) is 32.1 Å². The predicted molar refractivity (Wildman–Crippen MR) is 88.7 cm³/mol. The first kappa shape index (κ1) is 16.1. The highest BCUT2D eigenvalue weighted by Gasteiger charge is 2.21. The third kappa shape index (κ3) is 3.90. The zero-order valence-corrected chi connectivity index (χ0v) is 14.6. The van der Waals surface area contributed by atoms with Crippen molar-refractivity contribution >= 4 is 27.5 Å². The van der Waals surface area contributed by atoms with Crippen molar-refractivity contribution < 1.29 is 4.74 Å². The highest BCUT2D eigenvalue weighted by atomic mass is 79.9. The van der Waals surface area contributed by atoms with Gasteiger partial charge in [0.15, 0.2) is 0 Å². The molecule has 0 spiro atoms. The molecule has 1 aromatic rings. The number of methoxy groups -OCH3 is 1. The summed E-state index contributed by atoms with van der Waals surface area (Å²) >= 11 is 9.73. The van der Waals surface area contributed by atoms with Crippen LogP contribution >= 0.6 is 27.5 Å². The number of hydrogen-bond acceptors (Lipinski definition) is 2. The SMILES string of the molecule is CNC(CCC1CCCC1)c1cc(Cl)cc(Br)c1OC. The van der Waals surface area contributed by atoms with Crippen LogP contribution in [0.1, 0.15) is 50.1 Å². The Bertz CT molecular complexity index is 446. The molecule has 20 heavy (non-hydrogen) atoms. The Labute approximate surface area is 135 Å². The molecule has 0 bridgehead atoms. The van der Waals surface area contributed by atoms with Gasteiger partial charge < -0.3 is 10.1 Å². The third-order valence-electron chi connectivity index (χ3n) is 4.30. The van der Waals surface area contributed by atoms with E-state index in [1.54, 1.807) is 7.11 Å². The van der Waals surface area contributed by atoms with Crippen molar-refractivity contribution in [2.75, 3.05) is 14.2 Å². The van der Waals surface area contributed by atoms with E-state index in [0.29, 0.717) is 6.04 Å². The van der Waals surface area contributed by atoms with Gasteiger partial charge in [0.25, 0.3) is 0 Å². The molecule has 1 aliphatic carbocycles. The quantitative estimate of drug-likeness (QED) is 0.739. The molecule has 1 N–H and O–H groups in total. The van der Waals surface area contributed by atoms with Gasteiger partial charge in [-0.1, -0.05) is 37.3 Å². The Morgan fingerprint density at radius 1 is 1.40 bits per heavy atom. The van der Waals surface area contributed by atoms with Crippen LogP contribution in [0.4, 0.5) is 0 Å². The molecular weight excluding hydrogens is 338 g/mol. The van der Waals surface area contributed by atoms with E-state index in [0.717, 1.165) is 33.1 Å². The minimum absolute atomic E-state index is 0.292. The molecule has 112 valence electrons. The average Bonchev–Trinajstić information content (AvgIpc) is 2.92. The zero-order chi connectivity index (χ0) is 14.5. The summed E-state index contributed by atoms with van der Waals surface area (Å²) in [6.45, 7) is 0. The Hall–Kier alpha value is -0.250. The largest absolute Gasteiger partial charge is 0.495 e. The van der Waals surface area contributed by atoms with Crippen molar-refractivity contribution in [1.82, 2.24) is 5.32 Å².